The van der Waals surface area contributed by atoms with Gasteiger partial charge in [0.2, 0.25) is 0 Å². The zero-order valence-corrected chi connectivity index (χ0v) is 16.0. The lowest BCUT2D eigenvalue weighted by molar-refractivity contribution is 0.0995. The number of rotatable bonds is 5. The number of fused-ring (bicyclic) bond motifs is 1. The first-order chi connectivity index (χ1) is 13.7. The van der Waals surface area contributed by atoms with Crippen molar-refractivity contribution in [2.75, 3.05) is 5.32 Å². The highest BCUT2D eigenvalue weighted by atomic mass is 16.1. The lowest BCUT2D eigenvalue weighted by atomic mass is 9.94. The number of carbonyl (C=O) groups is 2. The van der Waals surface area contributed by atoms with E-state index in [1.807, 2.05) is 30.3 Å². The van der Waals surface area contributed by atoms with Crippen LogP contribution in [0.1, 0.15) is 51.6 Å². The third-order valence-corrected chi connectivity index (χ3v) is 5.28. The van der Waals surface area contributed by atoms with Crippen molar-refractivity contribution >= 4 is 17.4 Å². The molecule has 0 spiro atoms. The Morgan fingerprint density at radius 3 is 2.39 bits per heavy atom. The predicted octanol–water partition coefficient (Wildman–Crippen LogP) is 5.69. The summed E-state index contributed by atoms with van der Waals surface area (Å²) in [6.45, 7) is 2.18. The number of amides is 1. The number of Topliss-reactive ketones (excluding diaryl/α,β-unsaturated/α-hetero) is 1. The van der Waals surface area contributed by atoms with Gasteiger partial charge in [0.05, 0.1) is 5.69 Å². The molecule has 0 unspecified atom stereocenters. The first-order valence-corrected chi connectivity index (χ1v) is 9.82. The molecule has 1 N–H and O–H groups in total. The highest BCUT2D eigenvalue weighted by Gasteiger charge is 2.27. The van der Waals surface area contributed by atoms with Crippen molar-refractivity contribution in [3.8, 4) is 11.1 Å². The second-order valence-corrected chi connectivity index (χ2v) is 7.20. The highest BCUT2D eigenvalue weighted by Crippen LogP contribution is 2.37. The molecule has 3 heteroatoms. The summed E-state index contributed by atoms with van der Waals surface area (Å²) in [6.07, 6.45) is 3.41. The van der Waals surface area contributed by atoms with Gasteiger partial charge in [-0.25, -0.2) is 0 Å². The average molecular weight is 369 g/mol. The Hall–Kier alpha value is -3.20. The molecule has 28 heavy (non-hydrogen) atoms. The van der Waals surface area contributed by atoms with Crippen LogP contribution >= 0.6 is 0 Å². The molecule has 3 aromatic rings. The van der Waals surface area contributed by atoms with Gasteiger partial charge in [-0.1, -0.05) is 61.9 Å². The number of hydrogen-bond acceptors (Lipinski definition) is 2. The summed E-state index contributed by atoms with van der Waals surface area (Å²) < 4.78 is 0. The normalized spacial score (nSPS) is 12.7. The summed E-state index contributed by atoms with van der Waals surface area (Å²) in [7, 11) is 0. The van der Waals surface area contributed by atoms with Gasteiger partial charge in [-0.05, 0) is 53.3 Å². The molecule has 1 aliphatic rings. The molecule has 0 aromatic heterocycles. The molecule has 4 rings (SSSR count). The van der Waals surface area contributed by atoms with Crippen molar-refractivity contribution in [2.24, 2.45) is 0 Å². The third-order valence-electron chi connectivity index (χ3n) is 5.28. The van der Waals surface area contributed by atoms with Gasteiger partial charge in [0.25, 0.3) is 5.91 Å². The number of hydrogen-bond donors (Lipinski definition) is 1. The van der Waals surface area contributed by atoms with E-state index in [9.17, 15) is 9.59 Å². The van der Waals surface area contributed by atoms with Crippen LogP contribution in [0, 0.1) is 0 Å². The molecule has 0 aliphatic heterocycles. The van der Waals surface area contributed by atoms with Crippen molar-refractivity contribution in [3.05, 3.63) is 89.0 Å². The largest absolute Gasteiger partial charge is 0.321 e. The maximum absolute atomic E-state index is 12.6. The Morgan fingerprint density at radius 1 is 0.929 bits per heavy atom. The van der Waals surface area contributed by atoms with E-state index in [1.54, 1.807) is 12.1 Å². The zero-order chi connectivity index (χ0) is 19.5. The Balaban J connectivity index is 1.69. The summed E-state index contributed by atoms with van der Waals surface area (Å²) in [4.78, 5) is 25.1. The summed E-state index contributed by atoms with van der Waals surface area (Å²) in [5, 5.41) is 2.93. The van der Waals surface area contributed by atoms with Crippen LogP contribution in [0.5, 0.6) is 0 Å². The van der Waals surface area contributed by atoms with E-state index in [-0.39, 0.29) is 11.7 Å². The fraction of sp³-hybridized carbons (Fsp3) is 0.200. The molecule has 3 aromatic carbocycles. The Labute approximate surface area is 165 Å². The van der Waals surface area contributed by atoms with Gasteiger partial charge < -0.3 is 5.32 Å². The van der Waals surface area contributed by atoms with Crippen LogP contribution in [-0.2, 0) is 12.8 Å². The predicted molar refractivity (Wildman–Crippen MR) is 113 cm³/mol. The molecule has 0 radical (unpaired) electrons. The monoisotopic (exact) mass is 369 g/mol. The minimum Gasteiger partial charge on any atom is -0.321 e. The lowest BCUT2D eigenvalue weighted by Gasteiger charge is -2.14. The molecule has 1 aliphatic carbocycles. The maximum Gasteiger partial charge on any atom is 0.255 e. The standard InChI is InChI=1S/C25H23NO2/c1-2-6-17-9-11-18(12-10-17)20-13-15-22(24-21(20)14-16-23(24)27)26-25(28)19-7-4-3-5-8-19/h3-5,7-13,15H,2,6,14,16H2,1H3,(H,26,28). The van der Waals surface area contributed by atoms with Gasteiger partial charge in [-0.3, -0.25) is 9.59 Å². The number of anilines is 1. The molecule has 0 saturated carbocycles. The molecular formula is C25H23NO2. The molecule has 1 amide bonds. The molecule has 0 fully saturated rings. The summed E-state index contributed by atoms with van der Waals surface area (Å²) >= 11 is 0. The van der Waals surface area contributed by atoms with Gasteiger partial charge in [0, 0.05) is 17.5 Å². The number of nitrogens with one attached hydrogen (secondary N) is 1. The van der Waals surface area contributed by atoms with Crippen LogP contribution in [0.3, 0.4) is 0 Å². The van der Waals surface area contributed by atoms with Gasteiger partial charge in [0.15, 0.2) is 5.78 Å². The van der Waals surface area contributed by atoms with E-state index in [4.69, 9.17) is 0 Å². The van der Waals surface area contributed by atoms with Gasteiger partial charge >= 0.3 is 0 Å². The molecule has 0 heterocycles. The molecule has 0 bridgehead atoms. The number of carbonyl (C=O) groups excluding carboxylic acids is 2. The van der Waals surface area contributed by atoms with Crippen molar-refractivity contribution in [3.63, 3.8) is 0 Å². The average Bonchev–Trinajstić information content (AvgIpc) is 3.12. The summed E-state index contributed by atoms with van der Waals surface area (Å²) in [5.41, 5.74) is 6.42. The van der Waals surface area contributed by atoms with E-state index in [1.165, 1.54) is 5.56 Å². The smallest absolute Gasteiger partial charge is 0.255 e. The topological polar surface area (TPSA) is 46.2 Å². The minimum atomic E-state index is -0.195. The van der Waals surface area contributed by atoms with E-state index in [0.717, 1.165) is 36.0 Å². The summed E-state index contributed by atoms with van der Waals surface area (Å²) in [6, 6.07) is 21.5. The van der Waals surface area contributed by atoms with E-state index in [2.05, 4.69) is 36.5 Å². The fourth-order valence-electron chi connectivity index (χ4n) is 3.89. The van der Waals surface area contributed by atoms with Crippen LogP contribution in [-0.4, -0.2) is 11.7 Å². The SMILES string of the molecule is CCCc1ccc(-c2ccc(NC(=O)c3ccccc3)c3c2CCC3=O)cc1. The first-order valence-electron chi connectivity index (χ1n) is 9.82. The second kappa shape index (κ2) is 7.81. The van der Waals surface area contributed by atoms with Crippen LogP contribution in [0.2, 0.25) is 0 Å². The number of aryl methyl sites for hydroxylation is 1. The van der Waals surface area contributed by atoms with Crippen LogP contribution in [0.4, 0.5) is 5.69 Å². The van der Waals surface area contributed by atoms with Crippen molar-refractivity contribution in [2.45, 2.75) is 32.6 Å². The van der Waals surface area contributed by atoms with Crippen LogP contribution in [0.15, 0.2) is 66.7 Å². The van der Waals surface area contributed by atoms with Gasteiger partial charge in [0.1, 0.15) is 0 Å². The summed E-state index contributed by atoms with van der Waals surface area (Å²) in [5.74, 6) is -0.0954. The fourth-order valence-corrected chi connectivity index (χ4v) is 3.89. The second-order valence-electron chi connectivity index (χ2n) is 7.20. The molecule has 140 valence electrons. The zero-order valence-electron chi connectivity index (χ0n) is 16.0. The van der Waals surface area contributed by atoms with E-state index in [0.29, 0.717) is 23.2 Å². The van der Waals surface area contributed by atoms with Crippen molar-refractivity contribution in [1.82, 2.24) is 0 Å². The highest BCUT2D eigenvalue weighted by molar-refractivity contribution is 6.12. The first kappa shape index (κ1) is 18.2. The number of ketones is 1. The van der Waals surface area contributed by atoms with Gasteiger partial charge in [-0.2, -0.15) is 0 Å². The quantitative estimate of drug-likeness (QED) is 0.628. The van der Waals surface area contributed by atoms with Crippen molar-refractivity contribution < 1.29 is 9.59 Å². The van der Waals surface area contributed by atoms with Gasteiger partial charge in [-0.15, -0.1) is 0 Å². The Kier molecular flexibility index (Phi) is 5.07. The Bertz CT molecular complexity index is 1020. The minimum absolute atomic E-state index is 0.0998. The van der Waals surface area contributed by atoms with Crippen molar-refractivity contribution in [1.29, 1.82) is 0 Å². The molecule has 0 atom stereocenters. The maximum atomic E-state index is 12.6. The molecule has 0 saturated heterocycles. The third kappa shape index (κ3) is 3.48. The van der Waals surface area contributed by atoms with Crippen LogP contribution in [0.25, 0.3) is 11.1 Å². The molecular weight excluding hydrogens is 346 g/mol. The van der Waals surface area contributed by atoms with E-state index < -0.39 is 0 Å². The van der Waals surface area contributed by atoms with E-state index >= 15 is 0 Å². The lowest BCUT2D eigenvalue weighted by Crippen LogP contribution is -2.14. The Morgan fingerprint density at radius 2 is 1.68 bits per heavy atom. The van der Waals surface area contributed by atoms with Crippen LogP contribution < -0.4 is 5.32 Å². The number of benzene rings is 3. The molecule has 3 nitrogen and oxygen atoms in total.